The molecule has 24 heavy (non-hydrogen) atoms. The largest absolute Gasteiger partial charge is 0.260 e. The zero-order valence-electron chi connectivity index (χ0n) is 12.3. The van der Waals surface area contributed by atoms with Crippen LogP contribution in [0.5, 0.6) is 0 Å². The Balaban J connectivity index is 1.87. The van der Waals surface area contributed by atoms with Gasteiger partial charge in [-0.1, -0.05) is 50.1 Å². The lowest BCUT2D eigenvalue weighted by atomic mass is 10.1. The van der Waals surface area contributed by atoms with Gasteiger partial charge in [0, 0.05) is 20.1 Å². The number of rotatable bonds is 2. The molecule has 0 fully saturated rings. The highest BCUT2D eigenvalue weighted by molar-refractivity contribution is 9.10. The predicted molar refractivity (Wildman–Crippen MR) is 108 cm³/mol. The van der Waals surface area contributed by atoms with Gasteiger partial charge in [-0.15, -0.1) is 11.3 Å². The van der Waals surface area contributed by atoms with Gasteiger partial charge >= 0.3 is 0 Å². The van der Waals surface area contributed by atoms with E-state index in [2.05, 4.69) is 59.9 Å². The van der Waals surface area contributed by atoms with E-state index in [1.165, 1.54) is 0 Å². The summed E-state index contributed by atoms with van der Waals surface area (Å²) in [6.45, 7) is 0. The molecule has 0 amide bonds. The summed E-state index contributed by atoms with van der Waals surface area (Å²) in [4.78, 5) is 5.91. The number of hydrazone groups is 1. The Kier molecular flexibility index (Phi) is 4.35. The molecule has 4 rings (SSSR count). The van der Waals surface area contributed by atoms with Crippen LogP contribution in [-0.4, -0.2) is 11.5 Å². The van der Waals surface area contributed by atoms with E-state index in [4.69, 9.17) is 4.99 Å². The van der Waals surface area contributed by atoms with Crippen LogP contribution in [0.1, 0.15) is 16.0 Å². The van der Waals surface area contributed by atoms with Crippen LogP contribution < -0.4 is 5.43 Å². The van der Waals surface area contributed by atoms with Crippen LogP contribution in [0, 0.1) is 0 Å². The van der Waals surface area contributed by atoms with Crippen molar-refractivity contribution < 1.29 is 0 Å². The lowest BCUT2D eigenvalue weighted by Crippen LogP contribution is -2.19. The number of hydrogen-bond acceptors (Lipinski definition) is 4. The lowest BCUT2D eigenvalue weighted by Gasteiger charge is -2.05. The molecule has 1 aromatic heterocycles. The van der Waals surface area contributed by atoms with Crippen molar-refractivity contribution in [3.63, 3.8) is 0 Å². The van der Waals surface area contributed by atoms with Crippen molar-refractivity contribution in [2.45, 2.75) is 0 Å². The van der Waals surface area contributed by atoms with Gasteiger partial charge in [0.15, 0.2) is 5.84 Å². The third kappa shape index (κ3) is 3.09. The molecule has 2 aromatic carbocycles. The van der Waals surface area contributed by atoms with Gasteiger partial charge in [-0.3, -0.25) is 5.43 Å². The summed E-state index contributed by atoms with van der Waals surface area (Å²) in [5.41, 5.74) is 6.93. The van der Waals surface area contributed by atoms with Gasteiger partial charge in [-0.25, -0.2) is 4.99 Å². The van der Waals surface area contributed by atoms with Crippen molar-refractivity contribution in [1.82, 2.24) is 5.43 Å². The minimum Gasteiger partial charge on any atom is -0.260 e. The van der Waals surface area contributed by atoms with E-state index in [0.29, 0.717) is 0 Å². The smallest absolute Gasteiger partial charge is 0.154 e. The number of nitrogens with zero attached hydrogens (tertiary/aromatic N) is 2. The Bertz CT molecular complexity index is 945. The van der Waals surface area contributed by atoms with Gasteiger partial charge in [-0.05, 0) is 41.8 Å². The van der Waals surface area contributed by atoms with E-state index in [9.17, 15) is 0 Å². The van der Waals surface area contributed by atoms with Crippen LogP contribution in [0.3, 0.4) is 0 Å². The number of fused-ring (bicyclic) bond motifs is 1. The fourth-order valence-corrected chi connectivity index (χ4v) is 3.80. The van der Waals surface area contributed by atoms with Gasteiger partial charge < -0.3 is 0 Å². The molecule has 3 nitrogen and oxygen atoms in total. The average Bonchev–Trinajstić information content (AvgIpc) is 3.04. The van der Waals surface area contributed by atoms with E-state index < -0.39 is 0 Å². The second kappa shape index (κ2) is 6.63. The predicted octanol–water partition coefficient (Wildman–Crippen LogP) is 5.71. The van der Waals surface area contributed by atoms with Crippen molar-refractivity contribution in [2.75, 3.05) is 0 Å². The molecule has 1 aliphatic rings. The number of nitrogens with one attached hydrogen (secondary N) is 1. The molecule has 0 saturated carbocycles. The Hall–Kier alpha value is -1.76. The van der Waals surface area contributed by atoms with E-state index >= 15 is 0 Å². The highest BCUT2D eigenvalue weighted by Crippen LogP contribution is 2.30. The van der Waals surface area contributed by atoms with E-state index in [0.717, 1.165) is 42.2 Å². The van der Waals surface area contributed by atoms with Gasteiger partial charge in [-0.2, -0.15) is 5.10 Å². The molecule has 0 aliphatic carbocycles. The number of thiophene rings is 1. The quantitative estimate of drug-likeness (QED) is 0.522. The highest BCUT2D eigenvalue weighted by atomic mass is 79.9. The van der Waals surface area contributed by atoms with Crippen LogP contribution in [0.15, 0.2) is 79.0 Å². The summed E-state index contributed by atoms with van der Waals surface area (Å²) >= 11 is 8.68. The topological polar surface area (TPSA) is 36.8 Å². The van der Waals surface area contributed by atoms with Crippen molar-refractivity contribution in [2.24, 2.45) is 10.1 Å². The molecule has 0 spiro atoms. The summed E-state index contributed by atoms with van der Waals surface area (Å²) in [5.74, 6) is 0.734. The molecule has 6 heteroatoms. The molecule has 0 bridgehead atoms. The van der Waals surface area contributed by atoms with Gasteiger partial charge in [0.1, 0.15) is 5.71 Å². The highest BCUT2D eigenvalue weighted by Gasteiger charge is 2.18. The Morgan fingerprint density at radius 3 is 2.46 bits per heavy atom. The summed E-state index contributed by atoms with van der Waals surface area (Å²) in [6.07, 6.45) is 0. The maximum absolute atomic E-state index is 4.80. The van der Waals surface area contributed by atoms with Crippen LogP contribution in [0.2, 0.25) is 0 Å². The Morgan fingerprint density at radius 2 is 1.71 bits per heavy atom. The minimum atomic E-state index is 0.734. The van der Waals surface area contributed by atoms with Gasteiger partial charge in [0.2, 0.25) is 0 Å². The first-order valence-electron chi connectivity index (χ1n) is 7.23. The first-order valence-corrected chi connectivity index (χ1v) is 9.69. The second-order valence-electron chi connectivity index (χ2n) is 5.18. The third-order valence-corrected chi connectivity index (χ3v) is 5.49. The molecule has 3 aromatic rings. The Labute approximate surface area is 160 Å². The summed E-state index contributed by atoms with van der Waals surface area (Å²) < 4.78 is 2.04. The molecule has 0 saturated heterocycles. The van der Waals surface area contributed by atoms with Gasteiger partial charge in [0.25, 0.3) is 0 Å². The van der Waals surface area contributed by atoms with Crippen molar-refractivity contribution >= 4 is 60.4 Å². The number of benzene rings is 2. The van der Waals surface area contributed by atoms with E-state index in [1.807, 2.05) is 42.5 Å². The average molecular weight is 461 g/mol. The van der Waals surface area contributed by atoms with E-state index in [1.54, 1.807) is 11.3 Å². The monoisotopic (exact) mass is 459 g/mol. The molecule has 1 N–H and O–H groups in total. The number of aliphatic imine (C=N–C) groups is 1. The first kappa shape index (κ1) is 15.7. The zero-order chi connectivity index (χ0) is 16.5. The summed E-state index contributed by atoms with van der Waals surface area (Å²) in [7, 11) is 0. The maximum atomic E-state index is 4.80. The van der Waals surface area contributed by atoms with E-state index in [-0.39, 0.29) is 0 Å². The van der Waals surface area contributed by atoms with Gasteiger partial charge in [0.05, 0.1) is 10.6 Å². The molecule has 2 heterocycles. The molecule has 0 atom stereocenters. The Morgan fingerprint density at radius 1 is 0.917 bits per heavy atom. The zero-order valence-corrected chi connectivity index (χ0v) is 16.3. The normalized spacial score (nSPS) is 13.4. The lowest BCUT2D eigenvalue weighted by molar-refractivity contribution is 1.03. The fraction of sp³-hybridized carbons (Fsp3) is 0. The van der Waals surface area contributed by atoms with Crippen LogP contribution >= 0.6 is 43.2 Å². The number of hydrogen-bond donors (Lipinski definition) is 1. The summed E-state index contributed by atoms with van der Waals surface area (Å²) in [5, 5.41) is 6.69. The number of halogens is 2. The molecule has 0 unspecified atom stereocenters. The fourth-order valence-electron chi connectivity index (χ4n) is 2.45. The number of amidine groups is 1. The van der Waals surface area contributed by atoms with Crippen LogP contribution in [0.25, 0.3) is 0 Å². The van der Waals surface area contributed by atoms with Crippen molar-refractivity contribution in [1.29, 1.82) is 0 Å². The third-order valence-electron chi connectivity index (χ3n) is 3.59. The molecule has 0 radical (unpaired) electrons. The summed E-state index contributed by atoms with van der Waals surface area (Å²) in [6, 6.07) is 18.2. The van der Waals surface area contributed by atoms with Crippen molar-refractivity contribution in [3.8, 4) is 0 Å². The minimum absolute atomic E-state index is 0.734. The first-order chi connectivity index (χ1) is 11.7. The molecule has 118 valence electrons. The molecular weight excluding hydrogens is 450 g/mol. The van der Waals surface area contributed by atoms with Crippen LogP contribution in [-0.2, 0) is 0 Å². The standard InChI is InChI=1S/C18H11Br2N3S/c19-12-5-3-11(4-6-12)18-21-15-8-7-13(20)10-14(15)17(22-23-18)16-2-1-9-24-16/h1-10H,(H,21,23). The van der Waals surface area contributed by atoms with Crippen molar-refractivity contribution in [3.05, 3.63) is 84.9 Å². The molecular formula is C18H11Br2N3S. The SMILES string of the molecule is Brc1ccc(C2=Nc3ccc(Br)cc3C(c3cccs3)=NN2)cc1. The van der Waals surface area contributed by atoms with Crippen LogP contribution in [0.4, 0.5) is 5.69 Å². The molecule has 1 aliphatic heterocycles. The second-order valence-corrected chi connectivity index (χ2v) is 7.96. The maximum Gasteiger partial charge on any atom is 0.154 e.